The predicted molar refractivity (Wildman–Crippen MR) is 104 cm³/mol. The smallest absolute Gasteiger partial charge is 0.238 e. The molecule has 0 aromatic heterocycles. The number of carbonyl (C=O) groups is 2. The highest BCUT2D eigenvalue weighted by molar-refractivity contribution is 8.00. The molecular weight excluding hydrogens is 332 g/mol. The van der Waals surface area contributed by atoms with Crippen LogP contribution in [0.15, 0.2) is 48.5 Å². The van der Waals surface area contributed by atoms with Crippen LogP contribution in [0.5, 0.6) is 0 Å². The minimum atomic E-state index is -0.0719. The molecule has 5 heteroatoms. The summed E-state index contributed by atoms with van der Waals surface area (Å²) < 4.78 is 0. The van der Waals surface area contributed by atoms with Gasteiger partial charge in [-0.25, -0.2) is 0 Å². The first-order valence-electron chi connectivity index (χ1n) is 8.48. The van der Waals surface area contributed by atoms with Crippen LogP contribution in [0.1, 0.15) is 36.3 Å². The Hall–Kier alpha value is -2.27. The molecule has 130 valence electrons. The third-order valence-corrected chi connectivity index (χ3v) is 5.29. The molecule has 0 aliphatic carbocycles. The van der Waals surface area contributed by atoms with Crippen molar-refractivity contribution in [1.29, 1.82) is 0 Å². The van der Waals surface area contributed by atoms with E-state index in [0.717, 1.165) is 28.9 Å². The minimum absolute atomic E-state index is 0.0188. The maximum absolute atomic E-state index is 12.5. The Morgan fingerprint density at radius 1 is 1.24 bits per heavy atom. The van der Waals surface area contributed by atoms with Gasteiger partial charge in [0.15, 0.2) is 0 Å². The van der Waals surface area contributed by atoms with Crippen molar-refractivity contribution in [1.82, 2.24) is 0 Å². The van der Waals surface area contributed by atoms with Crippen LogP contribution in [0, 0.1) is 6.92 Å². The summed E-state index contributed by atoms with van der Waals surface area (Å²) in [6.45, 7) is 4.01. The average Bonchev–Trinajstić information content (AvgIpc) is 2.97. The number of nitrogens with zero attached hydrogens (tertiary/aromatic N) is 1. The Bertz CT molecular complexity index is 791. The summed E-state index contributed by atoms with van der Waals surface area (Å²) in [5.74, 6) is 0.594. The van der Waals surface area contributed by atoms with Gasteiger partial charge in [0.1, 0.15) is 5.37 Å². The Morgan fingerprint density at radius 3 is 2.80 bits per heavy atom. The van der Waals surface area contributed by atoms with E-state index in [-0.39, 0.29) is 17.2 Å². The Labute approximate surface area is 152 Å². The van der Waals surface area contributed by atoms with Crippen molar-refractivity contribution in [3.8, 4) is 0 Å². The van der Waals surface area contributed by atoms with Crippen molar-refractivity contribution in [3.05, 3.63) is 59.7 Å². The van der Waals surface area contributed by atoms with Crippen LogP contribution in [0.2, 0.25) is 0 Å². The van der Waals surface area contributed by atoms with Crippen LogP contribution in [0.25, 0.3) is 0 Å². The molecule has 1 aliphatic rings. The molecule has 1 N–H and O–H groups in total. The van der Waals surface area contributed by atoms with Gasteiger partial charge in [0.25, 0.3) is 0 Å². The number of aryl methyl sites for hydroxylation is 1. The largest absolute Gasteiger partial charge is 0.326 e. The highest BCUT2D eigenvalue weighted by Gasteiger charge is 2.34. The zero-order valence-corrected chi connectivity index (χ0v) is 15.3. The van der Waals surface area contributed by atoms with Crippen LogP contribution >= 0.6 is 11.8 Å². The molecule has 3 rings (SSSR count). The average molecular weight is 354 g/mol. The molecule has 1 atom stereocenters. The highest BCUT2D eigenvalue weighted by atomic mass is 32.2. The summed E-state index contributed by atoms with van der Waals surface area (Å²) >= 11 is 1.61. The lowest BCUT2D eigenvalue weighted by molar-refractivity contribution is -0.116. The fraction of sp³-hybridized carbons (Fsp3) is 0.300. The molecule has 4 nitrogen and oxygen atoms in total. The van der Waals surface area contributed by atoms with Crippen LogP contribution < -0.4 is 10.2 Å². The Morgan fingerprint density at radius 2 is 2.04 bits per heavy atom. The quantitative estimate of drug-likeness (QED) is 0.859. The molecule has 0 unspecified atom stereocenters. The first-order chi connectivity index (χ1) is 12.1. The number of anilines is 2. The standard InChI is InChI=1S/C20H22N2O2S/c1-3-6-18(23)21-16-9-5-8-15(12-16)20-22(19(24)13-25-20)17-10-4-7-14(2)11-17/h4-5,7-12,20H,3,6,13H2,1-2H3,(H,21,23)/t20-/m0/s1. The first kappa shape index (κ1) is 17.5. The second-order valence-corrected chi connectivity index (χ2v) is 7.26. The fourth-order valence-electron chi connectivity index (χ4n) is 2.95. The molecule has 0 radical (unpaired) electrons. The topological polar surface area (TPSA) is 49.4 Å². The molecule has 2 amide bonds. The molecule has 25 heavy (non-hydrogen) atoms. The van der Waals surface area contributed by atoms with E-state index in [9.17, 15) is 9.59 Å². The van der Waals surface area contributed by atoms with Crippen LogP contribution in [-0.2, 0) is 9.59 Å². The van der Waals surface area contributed by atoms with E-state index < -0.39 is 0 Å². The van der Waals surface area contributed by atoms with Gasteiger partial charge in [-0.3, -0.25) is 14.5 Å². The lowest BCUT2D eigenvalue weighted by Gasteiger charge is -2.25. The van der Waals surface area contributed by atoms with Gasteiger partial charge < -0.3 is 5.32 Å². The van der Waals surface area contributed by atoms with Crippen molar-refractivity contribution < 1.29 is 9.59 Å². The second kappa shape index (κ2) is 7.74. The molecule has 0 saturated carbocycles. The number of amides is 2. The minimum Gasteiger partial charge on any atom is -0.326 e. The summed E-state index contributed by atoms with van der Waals surface area (Å²) in [7, 11) is 0. The highest BCUT2D eigenvalue weighted by Crippen LogP contribution is 2.42. The van der Waals surface area contributed by atoms with E-state index in [2.05, 4.69) is 5.32 Å². The molecule has 1 heterocycles. The lowest BCUT2D eigenvalue weighted by Crippen LogP contribution is -2.27. The van der Waals surface area contributed by atoms with Crippen molar-refractivity contribution in [2.45, 2.75) is 32.1 Å². The van der Waals surface area contributed by atoms with E-state index >= 15 is 0 Å². The number of thioether (sulfide) groups is 1. The molecule has 2 aromatic carbocycles. The third kappa shape index (κ3) is 4.04. The van der Waals surface area contributed by atoms with Crippen molar-refractivity contribution in [3.63, 3.8) is 0 Å². The molecule has 0 bridgehead atoms. The maximum atomic E-state index is 12.5. The van der Waals surface area contributed by atoms with Crippen LogP contribution in [-0.4, -0.2) is 17.6 Å². The fourth-order valence-corrected chi connectivity index (χ4v) is 4.12. The monoisotopic (exact) mass is 354 g/mol. The molecule has 0 spiro atoms. The van der Waals surface area contributed by atoms with Gasteiger partial charge in [-0.05, 0) is 48.7 Å². The van der Waals surface area contributed by atoms with E-state index in [4.69, 9.17) is 0 Å². The lowest BCUT2D eigenvalue weighted by atomic mass is 10.1. The van der Waals surface area contributed by atoms with Crippen LogP contribution in [0.4, 0.5) is 11.4 Å². The Kier molecular flexibility index (Phi) is 5.43. The SMILES string of the molecule is CCCC(=O)Nc1cccc([C@@H]2SCC(=O)N2c2cccc(C)c2)c1. The summed E-state index contributed by atoms with van der Waals surface area (Å²) in [5, 5.41) is 2.86. The number of carbonyl (C=O) groups excluding carboxylic acids is 2. The van der Waals surface area contributed by atoms with Crippen molar-refractivity contribution >= 4 is 35.0 Å². The number of rotatable bonds is 5. The molecule has 1 aliphatic heterocycles. The van der Waals surface area contributed by atoms with E-state index in [0.29, 0.717) is 12.2 Å². The summed E-state index contributed by atoms with van der Waals surface area (Å²) in [4.78, 5) is 26.1. The normalized spacial score (nSPS) is 17.0. The number of hydrogen-bond donors (Lipinski definition) is 1. The Balaban J connectivity index is 1.87. The van der Waals surface area contributed by atoms with Gasteiger partial charge in [-0.15, -0.1) is 11.8 Å². The van der Waals surface area contributed by atoms with Gasteiger partial charge in [0, 0.05) is 17.8 Å². The van der Waals surface area contributed by atoms with Gasteiger partial charge in [0.05, 0.1) is 5.75 Å². The zero-order chi connectivity index (χ0) is 17.8. The molecule has 1 saturated heterocycles. The van der Waals surface area contributed by atoms with E-state index in [1.165, 1.54) is 0 Å². The summed E-state index contributed by atoms with van der Waals surface area (Å²) in [5.41, 5.74) is 3.84. The van der Waals surface area contributed by atoms with Gasteiger partial charge in [0.2, 0.25) is 11.8 Å². The third-order valence-electron chi connectivity index (χ3n) is 4.08. The van der Waals surface area contributed by atoms with Gasteiger partial charge in [-0.2, -0.15) is 0 Å². The van der Waals surface area contributed by atoms with Crippen molar-refractivity contribution in [2.24, 2.45) is 0 Å². The number of benzene rings is 2. The van der Waals surface area contributed by atoms with E-state index in [1.807, 2.05) is 67.3 Å². The van der Waals surface area contributed by atoms with Crippen LogP contribution in [0.3, 0.4) is 0 Å². The van der Waals surface area contributed by atoms with Gasteiger partial charge in [-0.1, -0.05) is 31.2 Å². The molecule has 2 aromatic rings. The maximum Gasteiger partial charge on any atom is 0.238 e. The summed E-state index contributed by atoms with van der Waals surface area (Å²) in [6.07, 6.45) is 1.33. The number of nitrogens with one attached hydrogen (secondary N) is 1. The van der Waals surface area contributed by atoms with Crippen molar-refractivity contribution in [2.75, 3.05) is 16.0 Å². The van der Waals surface area contributed by atoms with Gasteiger partial charge >= 0.3 is 0 Å². The molecular formula is C20H22N2O2S. The number of hydrogen-bond acceptors (Lipinski definition) is 3. The zero-order valence-electron chi connectivity index (χ0n) is 14.5. The first-order valence-corrected chi connectivity index (χ1v) is 9.53. The molecule has 1 fully saturated rings. The van der Waals surface area contributed by atoms with E-state index in [1.54, 1.807) is 11.8 Å². The summed E-state index contributed by atoms with van der Waals surface area (Å²) in [6, 6.07) is 15.8. The predicted octanol–water partition coefficient (Wildman–Crippen LogP) is 4.51. The second-order valence-electron chi connectivity index (χ2n) is 6.19.